The number of hydrogen-bond acceptors (Lipinski definition) is 4. The molecule has 1 aromatic rings. The van der Waals surface area contributed by atoms with Gasteiger partial charge in [-0.3, -0.25) is 9.48 Å². The highest BCUT2D eigenvalue weighted by Crippen LogP contribution is 2.39. The van der Waals surface area contributed by atoms with Gasteiger partial charge < -0.3 is 14.7 Å². The number of ether oxygens (including phenoxy) is 1. The van der Waals surface area contributed by atoms with Crippen LogP contribution >= 0.6 is 0 Å². The summed E-state index contributed by atoms with van der Waals surface area (Å²) in [5, 5.41) is 13.5. The third-order valence-corrected chi connectivity index (χ3v) is 3.76. The first kappa shape index (κ1) is 13.1. The molecule has 1 saturated heterocycles. The average molecular weight is 279 g/mol. The summed E-state index contributed by atoms with van der Waals surface area (Å²) in [6.45, 7) is 2.49. The van der Waals surface area contributed by atoms with Crippen molar-refractivity contribution in [1.29, 1.82) is 0 Å². The number of rotatable bonds is 4. The monoisotopic (exact) mass is 279 g/mol. The molecule has 1 saturated carbocycles. The fourth-order valence-electron chi connectivity index (χ4n) is 2.66. The van der Waals surface area contributed by atoms with E-state index in [-0.39, 0.29) is 18.6 Å². The normalized spacial score (nSPS) is 26.9. The van der Waals surface area contributed by atoms with E-state index in [9.17, 15) is 14.7 Å². The maximum Gasteiger partial charge on any atom is 0.335 e. The van der Waals surface area contributed by atoms with E-state index in [0.29, 0.717) is 6.54 Å². The lowest BCUT2D eigenvalue weighted by atomic mass is 10.0. The largest absolute Gasteiger partial charge is 0.479 e. The van der Waals surface area contributed by atoms with Gasteiger partial charge in [-0.1, -0.05) is 0 Å². The van der Waals surface area contributed by atoms with Crippen LogP contribution in [0.1, 0.15) is 31.4 Å². The van der Waals surface area contributed by atoms with Gasteiger partial charge in [0.25, 0.3) is 0 Å². The van der Waals surface area contributed by atoms with E-state index in [2.05, 4.69) is 5.10 Å². The maximum absolute atomic E-state index is 12.1. The molecule has 1 aromatic heterocycles. The van der Waals surface area contributed by atoms with E-state index < -0.39 is 18.1 Å². The maximum atomic E-state index is 12.1. The summed E-state index contributed by atoms with van der Waals surface area (Å²) in [5.74, 6) is -1.18. The van der Waals surface area contributed by atoms with Crippen molar-refractivity contribution in [3.8, 4) is 0 Å². The molecular formula is C13H17N3O4. The molecule has 7 heteroatoms. The minimum Gasteiger partial charge on any atom is -0.479 e. The first-order valence-electron chi connectivity index (χ1n) is 6.79. The summed E-state index contributed by atoms with van der Waals surface area (Å²) in [7, 11) is 0. The van der Waals surface area contributed by atoms with Crippen molar-refractivity contribution in [1.82, 2.24) is 14.7 Å². The van der Waals surface area contributed by atoms with E-state index in [1.807, 2.05) is 6.92 Å². The van der Waals surface area contributed by atoms with Crippen molar-refractivity contribution < 1.29 is 19.4 Å². The molecule has 0 bridgehead atoms. The van der Waals surface area contributed by atoms with E-state index >= 15 is 0 Å². The zero-order valence-corrected chi connectivity index (χ0v) is 11.2. The van der Waals surface area contributed by atoms with Gasteiger partial charge in [-0.2, -0.15) is 5.10 Å². The molecule has 108 valence electrons. The molecule has 2 unspecified atom stereocenters. The molecule has 1 amide bonds. The van der Waals surface area contributed by atoms with Gasteiger partial charge in [-0.05, 0) is 19.8 Å². The summed E-state index contributed by atoms with van der Waals surface area (Å²) in [4.78, 5) is 25.2. The average Bonchev–Trinajstić information content (AvgIpc) is 3.15. The van der Waals surface area contributed by atoms with Crippen LogP contribution in [0.3, 0.4) is 0 Å². The Labute approximate surface area is 116 Å². The Morgan fingerprint density at radius 3 is 2.85 bits per heavy atom. The topological polar surface area (TPSA) is 84.7 Å². The van der Waals surface area contributed by atoms with Gasteiger partial charge in [0.15, 0.2) is 6.10 Å². The molecular weight excluding hydrogens is 262 g/mol. The highest BCUT2D eigenvalue weighted by molar-refractivity contribution is 5.83. The minimum absolute atomic E-state index is 0.140. The zero-order valence-electron chi connectivity index (χ0n) is 11.2. The quantitative estimate of drug-likeness (QED) is 0.863. The Kier molecular flexibility index (Phi) is 3.21. The van der Waals surface area contributed by atoms with E-state index in [0.717, 1.165) is 18.4 Å². The third kappa shape index (κ3) is 2.18. The first-order chi connectivity index (χ1) is 9.61. The molecule has 7 nitrogen and oxygen atoms in total. The molecule has 1 N–H and O–H groups in total. The fraction of sp³-hybridized carbons (Fsp3) is 0.615. The standard InChI is InChI=1S/C13H17N3O4/c1-2-15-6-8(5-14-15)11-12(13(18)19)20-7-10(17)16(11)9-3-4-9/h5-6,9,11-12H,2-4,7H2,1H3,(H,18,19). The SMILES string of the molecule is CCn1cc(C2C(C(=O)O)OCC(=O)N2C2CC2)cn1. The second kappa shape index (κ2) is 4.90. The van der Waals surface area contributed by atoms with Gasteiger partial charge in [0.05, 0.1) is 12.2 Å². The fourth-order valence-corrected chi connectivity index (χ4v) is 2.66. The molecule has 1 aliphatic carbocycles. The van der Waals surface area contributed by atoms with Crippen LogP contribution in [-0.2, 0) is 20.9 Å². The number of carbonyl (C=O) groups excluding carboxylic acids is 1. The van der Waals surface area contributed by atoms with Crippen LogP contribution in [0.15, 0.2) is 12.4 Å². The van der Waals surface area contributed by atoms with Crippen molar-refractivity contribution in [3.05, 3.63) is 18.0 Å². The number of carboxylic acid groups (broad SMARTS) is 1. The number of amides is 1. The smallest absolute Gasteiger partial charge is 0.335 e. The summed E-state index contributed by atoms with van der Waals surface area (Å²) >= 11 is 0. The number of aliphatic carboxylic acids is 1. The van der Waals surface area contributed by atoms with E-state index in [1.54, 1.807) is 22.0 Å². The van der Waals surface area contributed by atoms with Gasteiger partial charge in [0, 0.05) is 24.3 Å². The number of hydrogen-bond donors (Lipinski definition) is 1. The first-order valence-corrected chi connectivity index (χ1v) is 6.79. The molecule has 3 rings (SSSR count). The summed E-state index contributed by atoms with van der Waals surface area (Å²) in [6, 6.07) is -0.440. The molecule has 1 aliphatic heterocycles. The van der Waals surface area contributed by atoms with Crippen molar-refractivity contribution in [2.45, 2.75) is 44.5 Å². The number of aryl methyl sites for hydroxylation is 1. The zero-order chi connectivity index (χ0) is 14.3. The van der Waals surface area contributed by atoms with E-state index in [1.165, 1.54) is 0 Å². The Balaban J connectivity index is 1.97. The van der Waals surface area contributed by atoms with Crippen LogP contribution in [0, 0.1) is 0 Å². The number of carbonyl (C=O) groups is 2. The molecule has 0 aromatic carbocycles. The number of nitrogens with zero attached hydrogens (tertiary/aromatic N) is 3. The molecule has 2 atom stereocenters. The molecule has 20 heavy (non-hydrogen) atoms. The summed E-state index contributed by atoms with van der Waals surface area (Å²) in [6.07, 6.45) is 4.25. The lowest BCUT2D eigenvalue weighted by Gasteiger charge is -2.39. The number of morpholine rings is 1. The van der Waals surface area contributed by atoms with Crippen LogP contribution in [0.5, 0.6) is 0 Å². The predicted molar refractivity (Wildman–Crippen MR) is 67.9 cm³/mol. The van der Waals surface area contributed by atoms with Crippen molar-refractivity contribution in [2.75, 3.05) is 6.61 Å². The van der Waals surface area contributed by atoms with Crippen LogP contribution in [0.2, 0.25) is 0 Å². The molecule has 2 heterocycles. The molecule has 0 spiro atoms. The summed E-state index contributed by atoms with van der Waals surface area (Å²) in [5.41, 5.74) is 0.721. The van der Waals surface area contributed by atoms with Gasteiger partial charge >= 0.3 is 5.97 Å². The van der Waals surface area contributed by atoms with Gasteiger partial charge in [0.1, 0.15) is 6.61 Å². The van der Waals surface area contributed by atoms with E-state index in [4.69, 9.17) is 4.74 Å². The predicted octanol–water partition coefficient (Wildman–Crippen LogP) is 0.418. The highest BCUT2D eigenvalue weighted by Gasteiger charge is 2.47. The second-order valence-electron chi connectivity index (χ2n) is 5.18. The lowest BCUT2D eigenvalue weighted by Crippen LogP contribution is -2.52. The molecule has 0 radical (unpaired) electrons. The number of carboxylic acids is 1. The van der Waals surface area contributed by atoms with Gasteiger partial charge in [-0.25, -0.2) is 4.79 Å². The Hall–Kier alpha value is -1.89. The summed E-state index contributed by atoms with van der Waals surface area (Å²) < 4.78 is 6.96. The van der Waals surface area contributed by atoms with Gasteiger partial charge in [-0.15, -0.1) is 0 Å². The molecule has 2 aliphatic rings. The molecule has 2 fully saturated rings. The van der Waals surface area contributed by atoms with Crippen LogP contribution in [0.4, 0.5) is 0 Å². The second-order valence-corrected chi connectivity index (χ2v) is 5.18. The third-order valence-electron chi connectivity index (χ3n) is 3.76. The number of aromatic nitrogens is 2. The van der Waals surface area contributed by atoms with Gasteiger partial charge in [0.2, 0.25) is 5.91 Å². The Morgan fingerprint density at radius 1 is 1.55 bits per heavy atom. The van der Waals surface area contributed by atoms with Crippen molar-refractivity contribution in [2.24, 2.45) is 0 Å². The van der Waals surface area contributed by atoms with Crippen LogP contribution in [0.25, 0.3) is 0 Å². The lowest BCUT2D eigenvalue weighted by molar-refractivity contribution is -0.174. The minimum atomic E-state index is -1.04. The van der Waals surface area contributed by atoms with Crippen LogP contribution < -0.4 is 0 Å². The Bertz CT molecular complexity index is 537. The highest BCUT2D eigenvalue weighted by atomic mass is 16.5. The van der Waals surface area contributed by atoms with Crippen molar-refractivity contribution >= 4 is 11.9 Å². The van der Waals surface area contributed by atoms with Crippen molar-refractivity contribution in [3.63, 3.8) is 0 Å². The Morgan fingerprint density at radius 2 is 2.30 bits per heavy atom. The van der Waals surface area contributed by atoms with Crippen LogP contribution in [-0.4, -0.2) is 50.4 Å².